The van der Waals surface area contributed by atoms with E-state index >= 15 is 0 Å². The predicted molar refractivity (Wildman–Crippen MR) is 125 cm³/mol. The fourth-order valence-corrected chi connectivity index (χ4v) is 3.64. The van der Waals surface area contributed by atoms with Gasteiger partial charge in [0, 0.05) is 18.7 Å². The van der Waals surface area contributed by atoms with E-state index in [9.17, 15) is 14.4 Å². The summed E-state index contributed by atoms with van der Waals surface area (Å²) in [5, 5.41) is 8.84. The fourth-order valence-electron chi connectivity index (χ4n) is 3.64. The normalized spacial score (nSPS) is 18.9. The summed E-state index contributed by atoms with van der Waals surface area (Å²) in [7, 11) is 1.22. The van der Waals surface area contributed by atoms with Crippen LogP contribution in [0, 0.1) is 0 Å². The summed E-state index contributed by atoms with van der Waals surface area (Å²) in [6.07, 6.45) is -0.0814. The molecule has 3 amide bonds. The smallest absolute Gasteiger partial charge is 0.435 e. The van der Waals surface area contributed by atoms with E-state index in [0.29, 0.717) is 12.0 Å². The number of carbonyl (C=O) groups excluding carboxylic acids is 3. The Balaban J connectivity index is 1.45. The van der Waals surface area contributed by atoms with Crippen molar-refractivity contribution in [1.29, 1.82) is 0 Å². The van der Waals surface area contributed by atoms with E-state index in [0.717, 1.165) is 12.1 Å². The number of rotatable bonds is 7. The van der Waals surface area contributed by atoms with Crippen molar-refractivity contribution < 1.29 is 19.1 Å². The van der Waals surface area contributed by atoms with Crippen LogP contribution in [0.1, 0.15) is 36.0 Å². The molecular formula is C24H29N5O4. The van der Waals surface area contributed by atoms with Gasteiger partial charge in [-0.2, -0.15) is 4.99 Å². The molecule has 9 heteroatoms. The molecule has 0 aromatic heterocycles. The second kappa shape index (κ2) is 11.2. The number of amides is 3. The van der Waals surface area contributed by atoms with Gasteiger partial charge in [-0.3, -0.25) is 9.59 Å². The summed E-state index contributed by atoms with van der Waals surface area (Å²) in [5.74, 6) is -0.137. The van der Waals surface area contributed by atoms with Crippen LogP contribution in [0.15, 0.2) is 59.6 Å². The molecular weight excluding hydrogens is 422 g/mol. The third-order valence-corrected chi connectivity index (χ3v) is 5.57. The molecule has 0 unspecified atom stereocenters. The van der Waals surface area contributed by atoms with Crippen LogP contribution in [0.4, 0.5) is 4.79 Å². The lowest BCUT2D eigenvalue weighted by Gasteiger charge is -2.17. The van der Waals surface area contributed by atoms with Crippen LogP contribution < -0.4 is 21.7 Å². The maximum Gasteiger partial charge on any atom is 0.435 e. The van der Waals surface area contributed by atoms with Gasteiger partial charge in [0.25, 0.3) is 0 Å². The van der Waals surface area contributed by atoms with Gasteiger partial charge in [-0.25, -0.2) is 4.79 Å². The third-order valence-electron chi connectivity index (χ3n) is 5.57. The van der Waals surface area contributed by atoms with Crippen molar-refractivity contribution in [3.63, 3.8) is 0 Å². The SMILES string of the molecule is COC(=O)/N=C(\N)c1ccc(CNC(=O)[C@H](C)NC(=O)[C@H]2C[C@H](c3ccccc3)CN2)cc1. The van der Waals surface area contributed by atoms with Gasteiger partial charge in [0.1, 0.15) is 11.9 Å². The second-order valence-electron chi connectivity index (χ2n) is 7.92. The number of benzene rings is 2. The van der Waals surface area contributed by atoms with E-state index in [2.05, 4.69) is 37.8 Å². The van der Waals surface area contributed by atoms with Gasteiger partial charge in [-0.15, -0.1) is 0 Å². The van der Waals surface area contributed by atoms with Gasteiger partial charge >= 0.3 is 6.09 Å². The molecule has 1 saturated heterocycles. The summed E-state index contributed by atoms with van der Waals surface area (Å²) >= 11 is 0. The number of ether oxygens (including phenoxy) is 1. The standard InChI is InChI=1S/C24H29N5O4/c1-15(28-23(31)20-12-19(14-26-20)17-6-4-3-5-7-17)22(30)27-13-16-8-10-18(11-9-16)21(25)29-24(32)33-2/h3-11,15,19-20,26H,12-14H2,1-2H3,(H,27,30)(H,28,31)(H2,25,29,32)/t15-,19-,20+/m0/s1. The van der Waals surface area contributed by atoms with Crippen LogP contribution >= 0.6 is 0 Å². The second-order valence-corrected chi connectivity index (χ2v) is 7.92. The summed E-state index contributed by atoms with van der Waals surface area (Å²) in [6, 6.07) is 16.0. The average molecular weight is 452 g/mol. The Morgan fingerprint density at radius 1 is 1.15 bits per heavy atom. The minimum absolute atomic E-state index is 0.0452. The number of hydrogen-bond donors (Lipinski definition) is 4. The molecule has 33 heavy (non-hydrogen) atoms. The van der Waals surface area contributed by atoms with Gasteiger partial charge in [-0.1, -0.05) is 54.6 Å². The molecule has 3 rings (SSSR count). The lowest BCUT2D eigenvalue weighted by atomic mass is 9.96. The first-order chi connectivity index (χ1) is 15.9. The largest absolute Gasteiger partial charge is 0.451 e. The van der Waals surface area contributed by atoms with E-state index in [-0.39, 0.29) is 36.2 Å². The number of hydrogen-bond acceptors (Lipinski definition) is 5. The number of amidine groups is 1. The van der Waals surface area contributed by atoms with Crippen molar-refractivity contribution in [3.05, 3.63) is 71.3 Å². The lowest BCUT2D eigenvalue weighted by Crippen LogP contribution is -2.49. The van der Waals surface area contributed by atoms with Crippen molar-refractivity contribution in [2.75, 3.05) is 13.7 Å². The zero-order valence-corrected chi connectivity index (χ0v) is 18.7. The molecule has 0 radical (unpaired) electrons. The third kappa shape index (κ3) is 6.63. The number of methoxy groups -OCH3 is 1. The summed E-state index contributed by atoms with van der Waals surface area (Å²) in [4.78, 5) is 39.8. The molecule has 0 spiro atoms. The molecule has 1 aliphatic rings. The molecule has 1 aliphatic heterocycles. The highest BCUT2D eigenvalue weighted by Crippen LogP contribution is 2.25. The minimum atomic E-state index is -0.775. The fraction of sp³-hybridized carbons (Fsp3) is 0.333. The monoisotopic (exact) mass is 451 g/mol. The first-order valence-electron chi connectivity index (χ1n) is 10.7. The summed E-state index contributed by atoms with van der Waals surface area (Å²) < 4.78 is 4.45. The maximum absolute atomic E-state index is 12.6. The number of aliphatic imine (C=N–C) groups is 1. The van der Waals surface area contributed by atoms with Crippen LogP contribution in [0.2, 0.25) is 0 Å². The van der Waals surface area contributed by atoms with E-state index in [1.807, 2.05) is 18.2 Å². The van der Waals surface area contributed by atoms with E-state index in [4.69, 9.17) is 5.73 Å². The van der Waals surface area contributed by atoms with Crippen molar-refractivity contribution in [1.82, 2.24) is 16.0 Å². The van der Waals surface area contributed by atoms with Crippen molar-refractivity contribution in [3.8, 4) is 0 Å². The predicted octanol–water partition coefficient (Wildman–Crippen LogP) is 1.42. The van der Waals surface area contributed by atoms with Gasteiger partial charge in [0.15, 0.2) is 0 Å². The van der Waals surface area contributed by atoms with Crippen LogP contribution in [-0.2, 0) is 20.9 Å². The average Bonchev–Trinajstić information content (AvgIpc) is 3.34. The minimum Gasteiger partial charge on any atom is -0.451 e. The first-order valence-corrected chi connectivity index (χ1v) is 10.7. The summed E-state index contributed by atoms with van der Waals surface area (Å²) in [6.45, 7) is 2.67. The number of nitrogens with zero attached hydrogens (tertiary/aromatic N) is 1. The molecule has 2 aromatic rings. The first kappa shape index (κ1) is 23.9. The van der Waals surface area contributed by atoms with E-state index < -0.39 is 12.1 Å². The van der Waals surface area contributed by atoms with E-state index in [1.54, 1.807) is 31.2 Å². The number of nitrogens with two attached hydrogens (primary N) is 1. The lowest BCUT2D eigenvalue weighted by molar-refractivity contribution is -0.129. The zero-order chi connectivity index (χ0) is 23.8. The number of nitrogens with one attached hydrogen (secondary N) is 3. The van der Waals surface area contributed by atoms with Gasteiger partial charge in [-0.05, 0) is 30.4 Å². The Hall–Kier alpha value is -3.72. The highest BCUT2D eigenvalue weighted by atomic mass is 16.5. The maximum atomic E-state index is 12.6. The van der Waals surface area contributed by atoms with Gasteiger partial charge < -0.3 is 26.4 Å². The van der Waals surface area contributed by atoms with Crippen molar-refractivity contribution in [2.45, 2.75) is 37.9 Å². The quantitative estimate of drug-likeness (QED) is 0.372. The number of carbonyl (C=O) groups is 3. The Bertz CT molecular complexity index is 1010. The van der Waals surface area contributed by atoms with Crippen molar-refractivity contribution >= 4 is 23.7 Å². The zero-order valence-electron chi connectivity index (χ0n) is 18.7. The molecule has 0 bridgehead atoms. The molecule has 5 N–H and O–H groups in total. The molecule has 174 valence electrons. The molecule has 1 fully saturated rings. The van der Waals surface area contributed by atoms with Crippen LogP contribution in [0.25, 0.3) is 0 Å². The topological polar surface area (TPSA) is 135 Å². The Morgan fingerprint density at radius 2 is 1.85 bits per heavy atom. The van der Waals surface area contributed by atoms with Crippen molar-refractivity contribution in [2.24, 2.45) is 10.7 Å². The van der Waals surface area contributed by atoms with Crippen LogP contribution in [0.3, 0.4) is 0 Å². The molecule has 2 aromatic carbocycles. The highest BCUT2D eigenvalue weighted by molar-refractivity contribution is 6.02. The summed E-state index contributed by atoms with van der Waals surface area (Å²) in [5.41, 5.74) is 8.36. The van der Waals surface area contributed by atoms with E-state index in [1.165, 1.54) is 12.7 Å². The van der Waals surface area contributed by atoms with Gasteiger partial charge in [0.05, 0.1) is 13.2 Å². The molecule has 9 nitrogen and oxygen atoms in total. The Morgan fingerprint density at radius 3 is 2.52 bits per heavy atom. The van der Waals surface area contributed by atoms with Gasteiger partial charge in [0.2, 0.25) is 11.8 Å². The molecule has 0 saturated carbocycles. The molecule has 1 heterocycles. The van der Waals surface area contributed by atoms with Crippen LogP contribution in [-0.4, -0.2) is 49.5 Å². The molecule has 0 aliphatic carbocycles. The molecule has 3 atom stereocenters. The highest BCUT2D eigenvalue weighted by Gasteiger charge is 2.31. The van der Waals surface area contributed by atoms with Crippen LogP contribution in [0.5, 0.6) is 0 Å². The Kier molecular flexibility index (Phi) is 8.15. The Labute approximate surface area is 192 Å².